The molecule has 13 heteroatoms. The molecule has 1 aliphatic carbocycles. The van der Waals surface area contributed by atoms with E-state index in [0.717, 1.165) is 31.4 Å². The maximum Gasteiger partial charge on any atom is 0.248 e. The van der Waals surface area contributed by atoms with Crippen molar-refractivity contribution in [3.05, 3.63) is 65.7 Å². The van der Waals surface area contributed by atoms with Crippen molar-refractivity contribution in [2.75, 3.05) is 66.0 Å². The summed E-state index contributed by atoms with van der Waals surface area (Å²) in [6.45, 7) is 10.6. The van der Waals surface area contributed by atoms with Crippen LogP contribution in [0.3, 0.4) is 0 Å². The summed E-state index contributed by atoms with van der Waals surface area (Å²) in [5, 5.41) is 21.0. The van der Waals surface area contributed by atoms with Gasteiger partial charge >= 0.3 is 0 Å². The van der Waals surface area contributed by atoms with Crippen molar-refractivity contribution in [1.82, 2.24) is 15.1 Å². The average molecular weight is 796 g/mol. The number of nitrogens with one attached hydrogen (secondary N) is 3. The first-order valence-electron chi connectivity index (χ1n) is 20.4. The van der Waals surface area contributed by atoms with Gasteiger partial charge in [0.1, 0.15) is 24.8 Å². The van der Waals surface area contributed by atoms with Gasteiger partial charge in [-0.2, -0.15) is 0 Å². The summed E-state index contributed by atoms with van der Waals surface area (Å²) < 4.78 is 55.1. The molecule has 4 unspecified atom stereocenters. The topological polar surface area (TPSA) is 129 Å². The summed E-state index contributed by atoms with van der Waals surface area (Å²) in [4.78, 5) is 17.6. The van der Waals surface area contributed by atoms with E-state index in [1.54, 1.807) is 11.8 Å². The second kappa shape index (κ2) is 24.1. The predicted octanol–water partition coefficient (Wildman–Crippen LogP) is 7.09. The van der Waals surface area contributed by atoms with E-state index < -0.39 is 11.8 Å². The highest BCUT2D eigenvalue weighted by molar-refractivity contribution is 6.06. The second-order valence-corrected chi connectivity index (χ2v) is 15.1. The Morgan fingerprint density at radius 3 is 2.11 bits per heavy atom. The minimum atomic E-state index is -2.68. The van der Waals surface area contributed by atoms with Crippen molar-refractivity contribution in [2.24, 2.45) is 5.92 Å². The quantitative estimate of drug-likeness (QED) is 0.0445. The minimum absolute atomic E-state index is 0.106. The fourth-order valence-corrected chi connectivity index (χ4v) is 7.73. The minimum Gasteiger partial charge on any atom is -0.491 e. The maximum absolute atomic E-state index is 13.8. The molecule has 2 aromatic carbocycles. The molecule has 57 heavy (non-hydrogen) atoms. The largest absolute Gasteiger partial charge is 0.491 e. The molecule has 314 valence electrons. The van der Waals surface area contributed by atoms with Crippen molar-refractivity contribution in [2.45, 2.75) is 102 Å². The van der Waals surface area contributed by atoms with Gasteiger partial charge in [-0.25, -0.2) is 8.78 Å². The Morgan fingerprint density at radius 2 is 1.51 bits per heavy atom. The summed E-state index contributed by atoms with van der Waals surface area (Å²) >= 11 is 0. The molecule has 4 atom stereocenters. The highest BCUT2D eigenvalue weighted by atomic mass is 19.3. The Morgan fingerprint density at radius 1 is 0.912 bits per heavy atom. The molecule has 3 N–H and O–H groups in total. The third-order valence-corrected chi connectivity index (χ3v) is 10.8. The summed E-state index contributed by atoms with van der Waals surface area (Å²) in [7, 11) is 0. The van der Waals surface area contributed by atoms with Crippen molar-refractivity contribution in [3.8, 4) is 18.1 Å². The molecule has 4 rings (SSSR count). The monoisotopic (exact) mass is 795 g/mol. The number of amides is 1. The highest BCUT2D eigenvalue weighted by Crippen LogP contribution is 2.37. The summed E-state index contributed by atoms with van der Waals surface area (Å²) in [5.74, 6) is 0.424. The van der Waals surface area contributed by atoms with Gasteiger partial charge in [-0.1, -0.05) is 36.3 Å². The molecular weight excluding hydrogens is 733 g/mol. The SMILES string of the molecule is C#CCOCCOCCOCCOCCOc1ccc(C(=N)N(C(C)=N)C(C)CC2CCC(C)N2CCC(NC(=O)C2CCC(F)(F)CC2)c2ccccc2)cc1. The lowest BCUT2D eigenvalue weighted by Crippen LogP contribution is -2.46. The van der Waals surface area contributed by atoms with Gasteiger partial charge < -0.3 is 33.9 Å². The zero-order valence-corrected chi connectivity index (χ0v) is 34.0. The van der Waals surface area contributed by atoms with Crippen LogP contribution in [0.1, 0.15) is 89.3 Å². The summed E-state index contributed by atoms with van der Waals surface area (Å²) in [5.41, 5.74) is 1.70. The normalized spacial score (nSPS) is 19.4. The van der Waals surface area contributed by atoms with Crippen LogP contribution in [0.25, 0.3) is 0 Å². The number of nitrogens with zero attached hydrogens (tertiary/aromatic N) is 2. The van der Waals surface area contributed by atoms with E-state index in [-0.39, 0.29) is 62.2 Å². The molecule has 11 nitrogen and oxygen atoms in total. The number of carbonyl (C=O) groups excluding carboxylic acids is 1. The summed E-state index contributed by atoms with van der Waals surface area (Å²) in [6.07, 6.45) is 8.55. The van der Waals surface area contributed by atoms with Gasteiger partial charge in [-0.15, -0.1) is 6.42 Å². The van der Waals surface area contributed by atoms with E-state index in [1.165, 1.54) is 0 Å². The molecule has 1 aliphatic heterocycles. The molecule has 1 heterocycles. The van der Waals surface area contributed by atoms with Gasteiger partial charge in [0.15, 0.2) is 0 Å². The third kappa shape index (κ3) is 15.4. The van der Waals surface area contributed by atoms with E-state index in [0.29, 0.717) is 82.5 Å². The second-order valence-electron chi connectivity index (χ2n) is 15.1. The summed E-state index contributed by atoms with van der Waals surface area (Å²) in [6, 6.07) is 17.5. The van der Waals surface area contributed by atoms with Crippen molar-refractivity contribution in [1.29, 1.82) is 10.8 Å². The van der Waals surface area contributed by atoms with Crippen LogP contribution in [0.2, 0.25) is 0 Å². The van der Waals surface area contributed by atoms with Gasteiger partial charge in [0.05, 0.1) is 58.1 Å². The number of alkyl halides is 2. The van der Waals surface area contributed by atoms with E-state index in [1.807, 2.05) is 54.6 Å². The predicted molar refractivity (Wildman–Crippen MR) is 218 cm³/mol. The zero-order valence-electron chi connectivity index (χ0n) is 34.0. The molecule has 0 spiro atoms. The van der Waals surface area contributed by atoms with Crippen LogP contribution in [0, 0.1) is 29.1 Å². The molecule has 0 aromatic heterocycles. The first-order chi connectivity index (χ1) is 27.5. The van der Waals surface area contributed by atoms with Gasteiger partial charge in [0.2, 0.25) is 11.8 Å². The van der Waals surface area contributed by atoms with Crippen LogP contribution >= 0.6 is 0 Å². The van der Waals surface area contributed by atoms with Crippen molar-refractivity contribution in [3.63, 3.8) is 0 Å². The Labute approximate surface area is 338 Å². The van der Waals surface area contributed by atoms with Crippen molar-refractivity contribution < 1.29 is 37.3 Å². The Kier molecular flexibility index (Phi) is 19.3. The molecular formula is C44H63F2N5O6. The number of carbonyl (C=O) groups is 1. The number of benzene rings is 2. The Balaban J connectivity index is 1.22. The lowest BCUT2D eigenvalue weighted by molar-refractivity contribution is -0.130. The van der Waals surface area contributed by atoms with Crippen molar-refractivity contribution >= 4 is 17.6 Å². The van der Waals surface area contributed by atoms with Gasteiger partial charge in [-0.05, 0) is 89.1 Å². The number of likely N-dealkylation sites (tertiary alicyclic amines) is 1. The number of ether oxygens (including phenoxy) is 5. The molecule has 2 fully saturated rings. The number of hydrogen-bond acceptors (Lipinski definition) is 9. The molecule has 1 saturated heterocycles. The van der Waals surface area contributed by atoms with E-state index >= 15 is 0 Å². The van der Waals surface area contributed by atoms with Crippen LogP contribution in [0.5, 0.6) is 5.75 Å². The van der Waals surface area contributed by atoms with E-state index in [4.69, 9.17) is 40.9 Å². The number of halogens is 2. The average Bonchev–Trinajstić information content (AvgIpc) is 3.54. The van der Waals surface area contributed by atoms with Gasteiger partial charge in [0.25, 0.3) is 0 Å². The number of hydrogen-bond donors (Lipinski definition) is 3. The fourth-order valence-electron chi connectivity index (χ4n) is 7.73. The van der Waals surface area contributed by atoms with Crippen LogP contribution in [0.4, 0.5) is 8.78 Å². The van der Waals surface area contributed by atoms with Crippen LogP contribution in [-0.2, 0) is 23.7 Å². The standard InChI is InChI=1S/C44H63F2N5O6/c1-5-23-53-24-25-54-26-27-55-28-29-56-30-31-57-40-15-12-37(13-16-40)42(48)51(35(4)47)34(3)32-39-14-11-33(2)50(39)22-19-41(36-9-7-6-8-10-36)49-43(52)38-17-20-44(45,46)21-18-38/h1,6-10,12-13,15-16,33-34,38-39,41,47-48H,11,14,17-32H2,2-4H3,(H,49,52). The molecule has 1 amide bonds. The van der Waals surface area contributed by atoms with E-state index in [2.05, 4.69) is 30.0 Å². The Bertz CT molecular complexity index is 1550. The van der Waals surface area contributed by atoms with E-state index in [9.17, 15) is 13.6 Å². The molecule has 2 aromatic rings. The van der Waals surface area contributed by atoms with Crippen LogP contribution < -0.4 is 10.1 Å². The molecule has 0 radical (unpaired) electrons. The molecule has 2 aliphatic rings. The highest BCUT2D eigenvalue weighted by Gasteiger charge is 2.38. The number of terminal acetylenes is 1. The first-order valence-corrected chi connectivity index (χ1v) is 20.4. The Hall–Kier alpha value is -3.93. The lowest BCUT2D eigenvalue weighted by Gasteiger charge is -2.36. The fraction of sp³-hybridized carbons (Fsp3) is 0.614. The van der Waals surface area contributed by atoms with Crippen LogP contribution in [0.15, 0.2) is 54.6 Å². The number of rotatable bonds is 24. The lowest BCUT2D eigenvalue weighted by atomic mass is 9.86. The molecule has 1 saturated carbocycles. The third-order valence-electron chi connectivity index (χ3n) is 10.8. The van der Waals surface area contributed by atoms with Gasteiger partial charge in [-0.3, -0.25) is 20.5 Å². The zero-order chi connectivity index (χ0) is 41.0. The maximum atomic E-state index is 13.8. The van der Waals surface area contributed by atoms with Crippen LogP contribution in [-0.4, -0.2) is 117 Å². The smallest absolute Gasteiger partial charge is 0.248 e. The number of amidine groups is 2. The molecule has 0 bridgehead atoms. The van der Waals surface area contributed by atoms with Gasteiger partial charge in [0, 0.05) is 49.0 Å². The first kappa shape index (κ1) is 45.8.